The maximum Gasteiger partial charge on any atom is 0.221 e. The van der Waals surface area contributed by atoms with Crippen LogP contribution in [0, 0.1) is 5.92 Å². The van der Waals surface area contributed by atoms with Gasteiger partial charge in [-0.25, -0.2) is 0 Å². The molecular weight excluding hydrogens is 176 g/mol. The van der Waals surface area contributed by atoms with Crippen LogP contribution >= 0.6 is 0 Å². The maximum atomic E-state index is 11.5. The molecular formula is C11H22N2O. The van der Waals surface area contributed by atoms with Gasteiger partial charge in [-0.15, -0.1) is 0 Å². The Balaban J connectivity index is 2.12. The van der Waals surface area contributed by atoms with Crippen molar-refractivity contribution in [1.29, 1.82) is 0 Å². The molecule has 0 bridgehead atoms. The average molecular weight is 198 g/mol. The minimum atomic E-state index is 0.193. The second-order valence-electron chi connectivity index (χ2n) is 4.55. The second kappa shape index (κ2) is 6.02. The molecule has 0 spiro atoms. The fraction of sp³-hybridized carbons (Fsp3) is 0.909. The first kappa shape index (κ1) is 11.5. The lowest BCUT2D eigenvalue weighted by Gasteiger charge is -2.22. The van der Waals surface area contributed by atoms with Gasteiger partial charge in [-0.05, 0) is 25.3 Å². The summed E-state index contributed by atoms with van der Waals surface area (Å²) in [4.78, 5) is 11.5. The Morgan fingerprint density at radius 1 is 1.50 bits per heavy atom. The molecule has 1 atom stereocenters. The topological polar surface area (TPSA) is 41.1 Å². The highest BCUT2D eigenvalue weighted by Gasteiger charge is 2.15. The molecule has 3 heteroatoms. The molecule has 1 aliphatic heterocycles. The monoisotopic (exact) mass is 198 g/mol. The molecule has 1 aliphatic rings. The Kier molecular flexibility index (Phi) is 4.94. The van der Waals surface area contributed by atoms with Crippen molar-refractivity contribution >= 4 is 5.91 Å². The summed E-state index contributed by atoms with van der Waals surface area (Å²) in [5.41, 5.74) is 0. The van der Waals surface area contributed by atoms with E-state index in [9.17, 15) is 4.79 Å². The van der Waals surface area contributed by atoms with Crippen molar-refractivity contribution in [3.63, 3.8) is 0 Å². The number of amides is 1. The first-order valence-corrected chi connectivity index (χ1v) is 5.68. The van der Waals surface area contributed by atoms with Gasteiger partial charge in [0, 0.05) is 19.0 Å². The summed E-state index contributed by atoms with van der Waals surface area (Å²) in [6, 6.07) is 0.413. The molecule has 1 amide bonds. The Bertz CT molecular complexity index is 174. The quantitative estimate of drug-likeness (QED) is 0.714. The summed E-state index contributed by atoms with van der Waals surface area (Å²) in [7, 11) is 0. The van der Waals surface area contributed by atoms with Crippen LogP contribution in [0.25, 0.3) is 0 Å². The fourth-order valence-corrected chi connectivity index (χ4v) is 1.71. The van der Waals surface area contributed by atoms with Gasteiger partial charge in [-0.3, -0.25) is 4.79 Å². The normalized spacial score (nSPS) is 22.4. The van der Waals surface area contributed by atoms with E-state index in [0.717, 1.165) is 19.5 Å². The van der Waals surface area contributed by atoms with E-state index in [0.29, 0.717) is 18.4 Å². The van der Waals surface area contributed by atoms with E-state index < -0.39 is 0 Å². The number of hydrogen-bond donors (Lipinski definition) is 2. The molecule has 3 nitrogen and oxygen atoms in total. The minimum Gasteiger partial charge on any atom is -0.356 e. The zero-order valence-corrected chi connectivity index (χ0v) is 9.31. The van der Waals surface area contributed by atoms with Gasteiger partial charge < -0.3 is 10.6 Å². The van der Waals surface area contributed by atoms with Crippen LogP contribution in [0.4, 0.5) is 0 Å². The summed E-state index contributed by atoms with van der Waals surface area (Å²) in [5.74, 6) is 0.733. The highest BCUT2D eigenvalue weighted by atomic mass is 16.1. The highest BCUT2D eigenvalue weighted by Crippen LogP contribution is 2.09. The van der Waals surface area contributed by atoms with Crippen molar-refractivity contribution in [2.75, 3.05) is 13.1 Å². The van der Waals surface area contributed by atoms with Crippen molar-refractivity contribution in [3.05, 3.63) is 0 Å². The van der Waals surface area contributed by atoms with Crippen LogP contribution in [0.15, 0.2) is 0 Å². The molecule has 0 aromatic rings. The van der Waals surface area contributed by atoms with Gasteiger partial charge in [0.1, 0.15) is 0 Å². The minimum absolute atomic E-state index is 0.193. The van der Waals surface area contributed by atoms with Gasteiger partial charge in [-0.1, -0.05) is 20.3 Å². The van der Waals surface area contributed by atoms with E-state index >= 15 is 0 Å². The number of rotatable bonds is 4. The van der Waals surface area contributed by atoms with Gasteiger partial charge in [0.25, 0.3) is 0 Å². The van der Waals surface area contributed by atoms with Crippen LogP contribution in [-0.2, 0) is 4.79 Å². The largest absolute Gasteiger partial charge is 0.356 e. The van der Waals surface area contributed by atoms with E-state index in [-0.39, 0.29) is 5.91 Å². The van der Waals surface area contributed by atoms with Gasteiger partial charge in [0.15, 0.2) is 0 Å². The zero-order chi connectivity index (χ0) is 10.4. The van der Waals surface area contributed by atoms with E-state index in [2.05, 4.69) is 24.5 Å². The number of hydrogen-bond acceptors (Lipinski definition) is 2. The third kappa shape index (κ3) is 4.61. The molecule has 1 rings (SSSR count). The van der Waals surface area contributed by atoms with Gasteiger partial charge >= 0.3 is 0 Å². The molecule has 1 saturated heterocycles. The molecule has 14 heavy (non-hydrogen) atoms. The molecule has 0 radical (unpaired) electrons. The lowest BCUT2D eigenvalue weighted by molar-refractivity contribution is -0.121. The van der Waals surface area contributed by atoms with E-state index in [1.807, 2.05) is 0 Å². The predicted molar refractivity (Wildman–Crippen MR) is 58.1 cm³/mol. The smallest absolute Gasteiger partial charge is 0.221 e. The molecule has 0 aliphatic carbocycles. The van der Waals surface area contributed by atoms with Crippen molar-refractivity contribution in [1.82, 2.24) is 10.6 Å². The second-order valence-corrected chi connectivity index (χ2v) is 4.55. The summed E-state index contributed by atoms with van der Waals surface area (Å²) < 4.78 is 0. The maximum absolute atomic E-state index is 11.5. The molecule has 1 heterocycles. The number of piperidine rings is 1. The number of carbonyl (C=O) groups excluding carboxylic acids is 1. The fourth-order valence-electron chi connectivity index (χ4n) is 1.71. The van der Waals surface area contributed by atoms with Crippen molar-refractivity contribution in [2.24, 2.45) is 5.92 Å². The molecule has 0 saturated carbocycles. The molecule has 0 aromatic heterocycles. The SMILES string of the molecule is CC(C)CNC(=O)C[C@H]1CCCCN1. The first-order chi connectivity index (χ1) is 6.68. The standard InChI is InChI=1S/C11H22N2O/c1-9(2)8-13-11(14)7-10-5-3-4-6-12-10/h9-10,12H,3-8H2,1-2H3,(H,13,14)/t10-/m1/s1. The summed E-state index contributed by atoms with van der Waals surface area (Å²) >= 11 is 0. The van der Waals surface area contributed by atoms with E-state index in [4.69, 9.17) is 0 Å². The lowest BCUT2D eigenvalue weighted by Crippen LogP contribution is -2.39. The Morgan fingerprint density at radius 2 is 2.29 bits per heavy atom. The molecule has 2 N–H and O–H groups in total. The van der Waals surface area contributed by atoms with Crippen LogP contribution in [-0.4, -0.2) is 25.0 Å². The summed E-state index contributed by atoms with van der Waals surface area (Å²) in [5, 5.41) is 6.33. The van der Waals surface area contributed by atoms with Gasteiger partial charge in [0.2, 0.25) is 5.91 Å². The van der Waals surface area contributed by atoms with E-state index in [1.54, 1.807) is 0 Å². The van der Waals surface area contributed by atoms with Crippen LogP contribution in [0.1, 0.15) is 39.5 Å². The van der Waals surface area contributed by atoms with Crippen LogP contribution in [0.2, 0.25) is 0 Å². The number of carbonyl (C=O) groups is 1. The third-order valence-corrected chi connectivity index (χ3v) is 2.55. The summed E-state index contributed by atoms with van der Waals surface area (Å²) in [6.45, 7) is 6.09. The average Bonchev–Trinajstić information content (AvgIpc) is 2.16. The molecule has 0 aromatic carbocycles. The Labute approximate surface area is 86.6 Å². The van der Waals surface area contributed by atoms with Crippen molar-refractivity contribution in [2.45, 2.75) is 45.6 Å². The molecule has 82 valence electrons. The third-order valence-electron chi connectivity index (χ3n) is 2.55. The predicted octanol–water partition coefficient (Wildman–Crippen LogP) is 1.29. The zero-order valence-electron chi connectivity index (χ0n) is 9.31. The van der Waals surface area contributed by atoms with Crippen molar-refractivity contribution in [3.8, 4) is 0 Å². The van der Waals surface area contributed by atoms with Crippen LogP contribution < -0.4 is 10.6 Å². The van der Waals surface area contributed by atoms with Gasteiger partial charge in [0.05, 0.1) is 0 Å². The molecule has 1 fully saturated rings. The molecule has 0 unspecified atom stereocenters. The van der Waals surface area contributed by atoms with Gasteiger partial charge in [-0.2, -0.15) is 0 Å². The number of nitrogens with one attached hydrogen (secondary N) is 2. The van der Waals surface area contributed by atoms with Crippen LogP contribution in [0.3, 0.4) is 0 Å². The Morgan fingerprint density at radius 3 is 2.86 bits per heavy atom. The van der Waals surface area contributed by atoms with E-state index in [1.165, 1.54) is 12.8 Å². The first-order valence-electron chi connectivity index (χ1n) is 5.68. The van der Waals surface area contributed by atoms with Crippen molar-refractivity contribution < 1.29 is 4.79 Å². The highest BCUT2D eigenvalue weighted by molar-refractivity contribution is 5.76. The lowest BCUT2D eigenvalue weighted by atomic mass is 10.0. The summed E-state index contributed by atoms with van der Waals surface area (Å²) in [6.07, 6.45) is 4.31. The Hall–Kier alpha value is -0.570. The van der Waals surface area contributed by atoms with Crippen LogP contribution in [0.5, 0.6) is 0 Å².